The van der Waals surface area contributed by atoms with E-state index in [4.69, 9.17) is 0 Å². The van der Waals surface area contributed by atoms with Crippen molar-refractivity contribution >= 4 is 6.08 Å². The summed E-state index contributed by atoms with van der Waals surface area (Å²) < 4.78 is 2.09. The minimum Gasteiger partial charge on any atom is -0.206 e. The molecule has 1 aliphatic rings. The fourth-order valence-electron chi connectivity index (χ4n) is 1.52. The van der Waals surface area contributed by atoms with Gasteiger partial charge < -0.3 is 0 Å². The zero-order valence-electron chi connectivity index (χ0n) is 8.36. The Morgan fingerprint density at radius 3 is 2.77 bits per heavy atom. The maximum Gasteiger partial charge on any atom is 0.290 e. The lowest BCUT2D eigenvalue weighted by Crippen LogP contribution is -2.33. The van der Waals surface area contributed by atoms with Crippen molar-refractivity contribution in [2.45, 2.75) is 20.8 Å². The van der Waals surface area contributed by atoms with Crippen molar-refractivity contribution in [2.75, 3.05) is 0 Å². The second-order valence-corrected chi connectivity index (χ2v) is 4.62. The summed E-state index contributed by atoms with van der Waals surface area (Å²) in [7, 11) is 0. The number of rotatable bonds is 0. The average Bonchev–Trinajstić information content (AvgIpc) is 2.45. The molecule has 13 heavy (non-hydrogen) atoms. The zero-order valence-corrected chi connectivity index (χ0v) is 8.36. The number of aromatic nitrogens is 2. The Labute approximate surface area is 78.3 Å². The van der Waals surface area contributed by atoms with Crippen LogP contribution >= 0.6 is 0 Å². The highest BCUT2D eigenvalue weighted by Crippen LogP contribution is 2.27. The van der Waals surface area contributed by atoms with Gasteiger partial charge >= 0.3 is 0 Å². The van der Waals surface area contributed by atoms with E-state index >= 15 is 0 Å². The van der Waals surface area contributed by atoms with E-state index in [-0.39, 0.29) is 0 Å². The van der Waals surface area contributed by atoms with Gasteiger partial charge in [-0.2, -0.15) is 0 Å². The van der Waals surface area contributed by atoms with Gasteiger partial charge in [0.15, 0.2) is 0 Å². The van der Waals surface area contributed by atoms with Crippen molar-refractivity contribution in [3.8, 4) is 0 Å². The second-order valence-electron chi connectivity index (χ2n) is 4.62. The largest absolute Gasteiger partial charge is 0.290 e. The zero-order chi connectivity index (χ0) is 9.47. The third-order valence-electron chi connectivity index (χ3n) is 2.49. The average molecular weight is 175 g/mol. The van der Waals surface area contributed by atoms with Crippen molar-refractivity contribution in [1.29, 1.82) is 0 Å². The summed E-state index contributed by atoms with van der Waals surface area (Å²) in [6, 6.07) is 2.04. The minimum absolute atomic E-state index is 0.298. The van der Waals surface area contributed by atoms with Crippen LogP contribution in [0.5, 0.6) is 0 Å². The van der Waals surface area contributed by atoms with Crippen LogP contribution in [0.3, 0.4) is 0 Å². The molecule has 1 aromatic rings. The first-order chi connectivity index (χ1) is 6.07. The highest BCUT2D eigenvalue weighted by Gasteiger charge is 2.25. The Hall–Kier alpha value is -1.18. The standard InChI is InChI=1S/C11H15N2/c1-11(2,3)9-6-10-4-5-12-8-13(10)7-9/h4-9H,1-3H3/q+1. The first-order valence-corrected chi connectivity index (χ1v) is 4.62. The quantitative estimate of drug-likeness (QED) is 0.534. The molecule has 1 unspecified atom stereocenters. The van der Waals surface area contributed by atoms with E-state index in [2.05, 4.69) is 42.3 Å². The van der Waals surface area contributed by atoms with Crippen molar-refractivity contribution in [3.63, 3.8) is 0 Å². The molecule has 1 aromatic heterocycles. The highest BCUT2D eigenvalue weighted by molar-refractivity contribution is 5.26. The van der Waals surface area contributed by atoms with Crippen molar-refractivity contribution in [3.05, 3.63) is 30.2 Å². The van der Waals surface area contributed by atoms with Crippen LogP contribution in [0, 0.1) is 17.5 Å². The molecule has 0 saturated carbocycles. The van der Waals surface area contributed by atoms with Crippen LogP contribution in [0.15, 0.2) is 18.6 Å². The Bertz CT molecular complexity index is 391. The maximum absolute atomic E-state index is 4.08. The van der Waals surface area contributed by atoms with Gasteiger partial charge in [0.05, 0.1) is 6.21 Å². The predicted octanol–water partition coefficient (Wildman–Crippen LogP) is 0.835. The SMILES string of the molecule is CC(C)(C)C1C=c2ccnc[n+]2=C1. The van der Waals surface area contributed by atoms with Crippen LogP contribution in [0.4, 0.5) is 0 Å². The molecule has 2 heterocycles. The molecule has 0 spiro atoms. The maximum atomic E-state index is 4.08. The van der Waals surface area contributed by atoms with Crippen LogP contribution < -0.4 is 9.59 Å². The number of hydrogen-bond donors (Lipinski definition) is 0. The van der Waals surface area contributed by atoms with Crippen molar-refractivity contribution in [1.82, 2.24) is 4.98 Å². The molecule has 2 nitrogen and oxygen atoms in total. The molecule has 0 aliphatic carbocycles. The third kappa shape index (κ3) is 1.48. The van der Waals surface area contributed by atoms with Crippen molar-refractivity contribution in [2.24, 2.45) is 11.3 Å². The van der Waals surface area contributed by atoms with E-state index in [0.717, 1.165) is 0 Å². The number of hydrogen-bond acceptors (Lipinski definition) is 1. The lowest BCUT2D eigenvalue weighted by Gasteiger charge is -2.21. The lowest BCUT2D eigenvalue weighted by molar-refractivity contribution is -0.527. The molecule has 0 amide bonds. The molecule has 0 N–H and O–H groups in total. The van der Waals surface area contributed by atoms with Gasteiger partial charge in [-0.15, -0.1) is 0 Å². The molecular weight excluding hydrogens is 160 g/mol. The van der Waals surface area contributed by atoms with Gasteiger partial charge in [-0.05, 0) is 11.5 Å². The van der Waals surface area contributed by atoms with Crippen LogP contribution in [0.2, 0.25) is 0 Å². The molecule has 1 atom stereocenters. The summed E-state index contributed by atoms with van der Waals surface area (Å²) in [6.07, 6.45) is 8.21. The first kappa shape index (κ1) is 8.42. The Morgan fingerprint density at radius 1 is 1.38 bits per heavy atom. The fourth-order valence-corrected chi connectivity index (χ4v) is 1.52. The van der Waals surface area contributed by atoms with Crippen LogP contribution in [-0.4, -0.2) is 4.98 Å². The van der Waals surface area contributed by atoms with Gasteiger partial charge in [-0.3, -0.25) is 0 Å². The van der Waals surface area contributed by atoms with E-state index < -0.39 is 0 Å². The highest BCUT2D eigenvalue weighted by atomic mass is 14.9. The molecule has 2 rings (SSSR count). The summed E-state index contributed by atoms with van der Waals surface area (Å²) in [5.41, 5.74) is 0.298. The molecule has 0 fully saturated rings. The Morgan fingerprint density at radius 2 is 2.15 bits per heavy atom. The van der Waals surface area contributed by atoms with Crippen LogP contribution in [0.25, 0.3) is 6.08 Å². The van der Waals surface area contributed by atoms with E-state index in [0.29, 0.717) is 11.3 Å². The van der Waals surface area contributed by atoms with Gasteiger partial charge in [0.1, 0.15) is 11.5 Å². The summed E-state index contributed by atoms with van der Waals surface area (Å²) in [5, 5.41) is 1.25. The van der Waals surface area contributed by atoms with Crippen LogP contribution in [-0.2, 0) is 0 Å². The van der Waals surface area contributed by atoms with Gasteiger partial charge in [-0.1, -0.05) is 25.8 Å². The number of nitrogens with zero attached hydrogens (tertiary/aromatic N) is 2. The second kappa shape index (κ2) is 2.66. The molecule has 2 heteroatoms. The molecule has 0 bridgehead atoms. The lowest BCUT2D eigenvalue weighted by atomic mass is 9.82. The van der Waals surface area contributed by atoms with Crippen LogP contribution in [0.1, 0.15) is 20.8 Å². The molecule has 0 radical (unpaired) electrons. The molecule has 0 saturated heterocycles. The van der Waals surface area contributed by atoms with E-state index in [1.807, 2.05) is 18.6 Å². The van der Waals surface area contributed by atoms with Gasteiger partial charge in [0.2, 0.25) is 0 Å². The monoisotopic (exact) mass is 175 g/mol. The summed E-state index contributed by atoms with van der Waals surface area (Å²) in [6.45, 7) is 6.76. The van der Waals surface area contributed by atoms with Gasteiger partial charge in [0, 0.05) is 12.0 Å². The van der Waals surface area contributed by atoms with E-state index in [9.17, 15) is 0 Å². The fraction of sp³-hybridized carbons (Fsp3) is 0.455. The normalized spacial score (nSPS) is 20.4. The summed E-state index contributed by atoms with van der Waals surface area (Å²) in [5.74, 6) is 0.511. The molecular formula is C11H15N2+. The minimum atomic E-state index is 0.298. The topological polar surface area (TPSA) is 18.8 Å². The van der Waals surface area contributed by atoms with E-state index in [1.165, 1.54) is 5.35 Å². The number of fused-ring (bicyclic) bond motifs is 1. The predicted molar refractivity (Wildman–Crippen MR) is 51.2 cm³/mol. The Balaban J connectivity index is 2.53. The third-order valence-corrected chi connectivity index (χ3v) is 2.49. The first-order valence-electron chi connectivity index (χ1n) is 4.62. The Kier molecular flexibility index (Phi) is 1.72. The molecule has 68 valence electrons. The molecule has 0 aromatic carbocycles. The summed E-state index contributed by atoms with van der Waals surface area (Å²) >= 11 is 0. The summed E-state index contributed by atoms with van der Waals surface area (Å²) in [4.78, 5) is 4.08. The van der Waals surface area contributed by atoms with Gasteiger partial charge in [-0.25, -0.2) is 4.24 Å². The smallest absolute Gasteiger partial charge is 0.206 e. The molecule has 1 aliphatic heterocycles. The van der Waals surface area contributed by atoms with E-state index in [1.54, 1.807) is 0 Å². The van der Waals surface area contributed by atoms with Crippen molar-refractivity contribution < 1.29 is 4.24 Å². The van der Waals surface area contributed by atoms with Gasteiger partial charge in [0.25, 0.3) is 6.33 Å².